The fourth-order valence-electron chi connectivity index (χ4n) is 1.96. The van der Waals surface area contributed by atoms with Crippen LogP contribution in [0.2, 0.25) is 0 Å². The Morgan fingerprint density at radius 2 is 2.11 bits per heavy atom. The van der Waals surface area contributed by atoms with Gasteiger partial charge in [0.15, 0.2) is 0 Å². The van der Waals surface area contributed by atoms with Crippen LogP contribution in [0, 0.1) is 6.92 Å². The predicted octanol–water partition coefficient (Wildman–Crippen LogP) is 2.27. The number of carboxylic acid groups (broad SMARTS) is 1. The van der Waals surface area contributed by atoms with E-state index >= 15 is 0 Å². The summed E-state index contributed by atoms with van der Waals surface area (Å²) >= 11 is 0. The van der Waals surface area contributed by atoms with Crippen molar-refractivity contribution in [1.29, 1.82) is 0 Å². The van der Waals surface area contributed by atoms with Crippen molar-refractivity contribution in [1.82, 2.24) is 4.98 Å². The topological polar surface area (TPSA) is 67.3 Å². The van der Waals surface area contributed by atoms with Crippen LogP contribution < -0.4 is 0 Å². The summed E-state index contributed by atoms with van der Waals surface area (Å²) < 4.78 is 11.9. The SMILES string of the molecule is Cc1cc(CS(=O)CCC(=O)O)c2ccccc2n1. The van der Waals surface area contributed by atoms with Gasteiger partial charge < -0.3 is 5.11 Å². The summed E-state index contributed by atoms with van der Waals surface area (Å²) in [7, 11) is -1.16. The maximum Gasteiger partial charge on any atom is 0.304 e. The van der Waals surface area contributed by atoms with E-state index in [0.717, 1.165) is 22.2 Å². The Morgan fingerprint density at radius 1 is 1.37 bits per heavy atom. The molecule has 0 fully saturated rings. The van der Waals surface area contributed by atoms with E-state index in [1.165, 1.54) is 0 Å². The molecule has 0 amide bonds. The van der Waals surface area contributed by atoms with Crippen molar-refractivity contribution in [2.24, 2.45) is 0 Å². The quantitative estimate of drug-likeness (QED) is 0.910. The molecule has 0 radical (unpaired) electrons. The molecule has 1 N–H and O–H groups in total. The first-order chi connectivity index (χ1) is 9.06. The number of aromatic nitrogens is 1. The van der Waals surface area contributed by atoms with Gasteiger partial charge in [0.1, 0.15) is 0 Å². The Bertz CT molecular complexity index is 640. The van der Waals surface area contributed by atoms with E-state index < -0.39 is 16.8 Å². The molecule has 0 bridgehead atoms. The van der Waals surface area contributed by atoms with Gasteiger partial charge in [0.2, 0.25) is 0 Å². The minimum atomic E-state index is -1.16. The number of carboxylic acids is 1. The Kier molecular flexibility index (Phi) is 4.27. The number of nitrogens with zero attached hydrogens (tertiary/aromatic N) is 1. The first-order valence-corrected chi connectivity index (χ1v) is 7.47. The van der Waals surface area contributed by atoms with Crippen molar-refractivity contribution < 1.29 is 14.1 Å². The van der Waals surface area contributed by atoms with Gasteiger partial charge >= 0.3 is 5.97 Å². The third-order valence-corrected chi connectivity index (χ3v) is 4.08. The molecule has 5 heteroatoms. The molecule has 4 nitrogen and oxygen atoms in total. The standard InChI is InChI=1S/C14H15NO3S/c1-10-8-11(9-19(18)7-6-14(16)17)12-4-2-3-5-13(12)15-10/h2-5,8H,6-7,9H2,1H3,(H,16,17). The molecule has 0 aliphatic carbocycles. The van der Waals surface area contributed by atoms with Crippen LogP contribution in [0.25, 0.3) is 10.9 Å². The average Bonchev–Trinajstić information content (AvgIpc) is 2.36. The molecule has 19 heavy (non-hydrogen) atoms. The Labute approximate surface area is 113 Å². The summed E-state index contributed by atoms with van der Waals surface area (Å²) in [5.41, 5.74) is 2.73. The van der Waals surface area contributed by atoms with Crippen molar-refractivity contribution in [3.05, 3.63) is 41.6 Å². The first kappa shape index (κ1) is 13.7. The van der Waals surface area contributed by atoms with Crippen LogP contribution >= 0.6 is 0 Å². The highest BCUT2D eigenvalue weighted by Gasteiger charge is 2.09. The van der Waals surface area contributed by atoms with E-state index in [1.54, 1.807) is 0 Å². The summed E-state index contributed by atoms with van der Waals surface area (Å²) in [4.78, 5) is 14.9. The minimum absolute atomic E-state index is 0.0609. The molecule has 1 heterocycles. The van der Waals surface area contributed by atoms with Gasteiger partial charge in [0.25, 0.3) is 0 Å². The zero-order valence-corrected chi connectivity index (χ0v) is 11.4. The van der Waals surface area contributed by atoms with Crippen LogP contribution in [-0.2, 0) is 21.3 Å². The van der Waals surface area contributed by atoms with Crippen molar-refractivity contribution in [3.8, 4) is 0 Å². The van der Waals surface area contributed by atoms with Gasteiger partial charge in [0.05, 0.1) is 11.9 Å². The smallest absolute Gasteiger partial charge is 0.304 e. The fourth-order valence-corrected chi connectivity index (χ4v) is 3.09. The summed E-state index contributed by atoms with van der Waals surface area (Å²) in [6, 6.07) is 9.63. The lowest BCUT2D eigenvalue weighted by molar-refractivity contribution is -0.136. The third kappa shape index (κ3) is 3.61. The maximum absolute atomic E-state index is 11.9. The summed E-state index contributed by atoms with van der Waals surface area (Å²) in [5, 5.41) is 9.58. The zero-order chi connectivity index (χ0) is 13.8. The Morgan fingerprint density at radius 3 is 2.84 bits per heavy atom. The van der Waals surface area contributed by atoms with E-state index in [1.807, 2.05) is 37.3 Å². The van der Waals surface area contributed by atoms with Crippen LogP contribution in [0.15, 0.2) is 30.3 Å². The third-order valence-electron chi connectivity index (χ3n) is 2.79. The number of rotatable bonds is 5. The van der Waals surface area contributed by atoms with Crippen LogP contribution in [0.5, 0.6) is 0 Å². The zero-order valence-electron chi connectivity index (χ0n) is 10.6. The van der Waals surface area contributed by atoms with E-state index in [0.29, 0.717) is 5.75 Å². The van der Waals surface area contributed by atoms with Crippen LogP contribution in [0.4, 0.5) is 0 Å². The number of hydrogen-bond acceptors (Lipinski definition) is 3. The molecule has 0 aliphatic heterocycles. The lowest BCUT2D eigenvalue weighted by atomic mass is 10.1. The Hall–Kier alpha value is -1.75. The number of aryl methyl sites for hydroxylation is 1. The van der Waals surface area contributed by atoms with Crippen LogP contribution in [0.1, 0.15) is 17.7 Å². The second kappa shape index (κ2) is 5.93. The fraction of sp³-hybridized carbons (Fsp3) is 0.286. The molecule has 0 saturated carbocycles. The number of benzene rings is 1. The maximum atomic E-state index is 11.9. The number of pyridine rings is 1. The minimum Gasteiger partial charge on any atom is -0.481 e. The summed E-state index contributed by atoms with van der Waals surface area (Å²) in [6.07, 6.45) is -0.0609. The second-order valence-electron chi connectivity index (χ2n) is 4.37. The summed E-state index contributed by atoms with van der Waals surface area (Å²) in [5.74, 6) is -0.355. The van der Waals surface area contributed by atoms with Gasteiger partial charge in [-0.15, -0.1) is 0 Å². The number of para-hydroxylation sites is 1. The highest BCUT2D eigenvalue weighted by Crippen LogP contribution is 2.19. The highest BCUT2D eigenvalue weighted by molar-refractivity contribution is 7.84. The molecule has 0 saturated heterocycles. The molecule has 1 aromatic heterocycles. The molecule has 0 spiro atoms. The van der Waals surface area contributed by atoms with Gasteiger partial charge in [-0.1, -0.05) is 18.2 Å². The molecule has 0 aliphatic rings. The van der Waals surface area contributed by atoms with Crippen molar-refractivity contribution in [2.45, 2.75) is 19.1 Å². The molecule has 1 atom stereocenters. The molecule has 1 unspecified atom stereocenters. The van der Waals surface area contributed by atoms with Gasteiger partial charge in [-0.25, -0.2) is 0 Å². The normalized spacial score (nSPS) is 12.5. The van der Waals surface area contributed by atoms with Crippen LogP contribution in [-0.4, -0.2) is 26.0 Å². The molecular weight excluding hydrogens is 262 g/mol. The summed E-state index contributed by atoms with van der Waals surface area (Å²) in [6.45, 7) is 1.90. The largest absolute Gasteiger partial charge is 0.481 e. The number of aliphatic carboxylic acids is 1. The van der Waals surface area contributed by atoms with E-state index in [9.17, 15) is 9.00 Å². The van der Waals surface area contributed by atoms with Gasteiger partial charge in [0, 0.05) is 33.4 Å². The lowest BCUT2D eigenvalue weighted by Gasteiger charge is -2.07. The van der Waals surface area contributed by atoms with E-state index in [4.69, 9.17) is 5.11 Å². The Balaban J connectivity index is 2.24. The number of hydrogen-bond donors (Lipinski definition) is 1. The van der Waals surface area contributed by atoms with Gasteiger partial charge in [-0.3, -0.25) is 14.0 Å². The van der Waals surface area contributed by atoms with Crippen molar-refractivity contribution >= 4 is 27.7 Å². The molecule has 2 rings (SSSR count). The van der Waals surface area contributed by atoms with Gasteiger partial charge in [-0.2, -0.15) is 0 Å². The predicted molar refractivity (Wildman–Crippen MR) is 75.4 cm³/mol. The van der Waals surface area contributed by atoms with Crippen molar-refractivity contribution in [3.63, 3.8) is 0 Å². The average molecular weight is 277 g/mol. The lowest BCUT2D eigenvalue weighted by Crippen LogP contribution is -2.07. The molecule has 100 valence electrons. The first-order valence-electron chi connectivity index (χ1n) is 5.98. The van der Waals surface area contributed by atoms with Crippen molar-refractivity contribution in [2.75, 3.05) is 5.75 Å². The van der Waals surface area contributed by atoms with E-state index in [-0.39, 0.29) is 12.2 Å². The number of fused-ring (bicyclic) bond motifs is 1. The second-order valence-corrected chi connectivity index (χ2v) is 5.95. The highest BCUT2D eigenvalue weighted by atomic mass is 32.2. The number of carbonyl (C=O) groups is 1. The van der Waals surface area contributed by atoms with Gasteiger partial charge in [-0.05, 0) is 24.6 Å². The van der Waals surface area contributed by atoms with Crippen LogP contribution in [0.3, 0.4) is 0 Å². The molecule has 1 aromatic carbocycles. The van der Waals surface area contributed by atoms with E-state index in [2.05, 4.69) is 4.98 Å². The molecule has 2 aromatic rings. The monoisotopic (exact) mass is 277 g/mol. The molecular formula is C14H15NO3S.